The maximum Gasteiger partial charge on any atom is 0.119 e. The zero-order valence-electron chi connectivity index (χ0n) is 7.14. The molecule has 0 unspecified atom stereocenters. The van der Waals surface area contributed by atoms with Gasteiger partial charge in [-0.25, -0.2) is 0 Å². The maximum absolute atomic E-state index is 9.40. The Morgan fingerprint density at radius 1 is 1.45 bits per heavy atom. The van der Waals surface area contributed by atoms with Gasteiger partial charge in [-0.2, -0.15) is 0 Å². The van der Waals surface area contributed by atoms with Crippen LogP contribution in [0.2, 0.25) is 0 Å². The molecule has 3 nitrogen and oxygen atoms in total. The normalized spacial score (nSPS) is 16.5. The lowest BCUT2D eigenvalue weighted by molar-refractivity contribution is -0.107. The number of nitrogens with one attached hydrogen (secondary N) is 1. The van der Waals surface area contributed by atoms with Crippen LogP contribution in [0.15, 0.2) is 0 Å². The second-order valence-corrected chi connectivity index (χ2v) is 2.32. The smallest absolute Gasteiger partial charge is 0.119 e. The summed E-state index contributed by atoms with van der Waals surface area (Å²) in [5, 5.41) is 3.16. The molecule has 66 valence electrons. The zero-order valence-corrected chi connectivity index (χ0v) is 7.14. The van der Waals surface area contributed by atoms with Crippen LogP contribution in [0.1, 0.15) is 19.8 Å². The lowest BCUT2D eigenvalue weighted by atomic mass is 10.4. The van der Waals surface area contributed by atoms with Crippen LogP contribution in [0.4, 0.5) is 0 Å². The van der Waals surface area contributed by atoms with Gasteiger partial charge in [-0.1, -0.05) is 6.92 Å². The summed E-state index contributed by atoms with van der Waals surface area (Å²) in [6, 6.07) is 0. The first kappa shape index (κ1) is 10.6. The summed E-state index contributed by atoms with van der Waals surface area (Å²) in [5.41, 5.74) is 0. The molecule has 0 spiro atoms. The minimum atomic E-state index is 0.708. The molecule has 0 atom stereocenters. The summed E-state index contributed by atoms with van der Waals surface area (Å²) in [7, 11) is 0. The first-order chi connectivity index (χ1) is 5.41. The van der Waals surface area contributed by atoms with Crippen LogP contribution in [0, 0.1) is 0 Å². The van der Waals surface area contributed by atoms with Gasteiger partial charge in [-0.3, -0.25) is 0 Å². The van der Waals surface area contributed by atoms with Gasteiger partial charge in [0.1, 0.15) is 6.29 Å². The highest BCUT2D eigenvalue weighted by molar-refractivity contribution is 5.48. The third-order valence-electron chi connectivity index (χ3n) is 1.25. The molecule has 0 radical (unpaired) electrons. The van der Waals surface area contributed by atoms with E-state index < -0.39 is 0 Å². The Morgan fingerprint density at radius 2 is 2.09 bits per heavy atom. The Bertz CT molecular complexity index is 70.7. The van der Waals surface area contributed by atoms with Crippen LogP contribution in [0.5, 0.6) is 0 Å². The fraction of sp³-hybridized carbons (Fsp3) is 0.875. The molecule has 11 heavy (non-hydrogen) atoms. The second-order valence-electron chi connectivity index (χ2n) is 2.32. The molecule has 1 saturated heterocycles. The number of ether oxygens (including phenoxy) is 1. The van der Waals surface area contributed by atoms with Crippen molar-refractivity contribution in [2.45, 2.75) is 19.8 Å². The van der Waals surface area contributed by atoms with E-state index in [1.165, 1.54) is 0 Å². The second kappa shape index (κ2) is 9.59. The standard InChI is InChI=1S/C4H9NO.C4H8O/c1-3-6-4-2-5-1;1-2-3-4-5/h5H,1-4H2;4H,2-3H2,1H3. The molecule has 0 saturated carbocycles. The number of carbonyl (C=O) groups is 1. The van der Waals surface area contributed by atoms with Gasteiger partial charge in [0.05, 0.1) is 13.2 Å². The van der Waals surface area contributed by atoms with Gasteiger partial charge in [-0.05, 0) is 6.42 Å². The van der Waals surface area contributed by atoms with Crippen molar-refractivity contribution in [3.63, 3.8) is 0 Å². The van der Waals surface area contributed by atoms with Crippen LogP contribution in [0.25, 0.3) is 0 Å². The quantitative estimate of drug-likeness (QED) is 0.599. The third-order valence-corrected chi connectivity index (χ3v) is 1.25. The molecule has 0 aromatic heterocycles. The number of rotatable bonds is 2. The topological polar surface area (TPSA) is 38.3 Å². The highest BCUT2D eigenvalue weighted by atomic mass is 16.5. The van der Waals surface area contributed by atoms with E-state index >= 15 is 0 Å². The van der Waals surface area contributed by atoms with Gasteiger partial charge < -0.3 is 14.8 Å². The van der Waals surface area contributed by atoms with Gasteiger partial charge in [0.25, 0.3) is 0 Å². The SMILES string of the molecule is C1COCCN1.CCCC=O. The first-order valence-corrected chi connectivity index (χ1v) is 4.14. The van der Waals surface area contributed by atoms with Crippen molar-refractivity contribution < 1.29 is 9.53 Å². The Kier molecular flexibility index (Phi) is 9.23. The van der Waals surface area contributed by atoms with Gasteiger partial charge in [0.2, 0.25) is 0 Å². The van der Waals surface area contributed by atoms with Gasteiger partial charge >= 0.3 is 0 Å². The van der Waals surface area contributed by atoms with Gasteiger partial charge in [0.15, 0.2) is 0 Å². The fourth-order valence-corrected chi connectivity index (χ4v) is 0.634. The van der Waals surface area contributed by atoms with Crippen molar-refractivity contribution in [2.75, 3.05) is 26.3 Å². The average Bonchev–Trinajstić information content (AvgIpc) is 2.10. The predicted octanol–water partition coefficient (Wildman–Crippen LogP) is 0.592. The van der Waals surface area contributed by atoms with Crippen LogP contribution in [-0.4, -0.2) is 32.6 Å². The molecular weight excluding hydrogens is 142 g/mol. The van der Waals surface area contributed by atoms with Crippen molar-refractivity contribution >= 4 is 6.29 Å². The molecule has 0 bridgehead atoms. The summed E-state index contributed by atoms with van der Waals surface area (Å²) >= 11 is 0. The van der Waals surface area contributed by atoms with Crippen molar-refractivity contribution in [2.24, 2.45) is 0 Å². The Labute approximate surface area is 68.1 Å². The molecule has 0 aromatic rings. The van der Waals surface area contributed by atoms with Crippen LogP contribution >= 0.6 is 0 Å². The van der Waals surface area contributed by atoms with E-state index in [1.54, 1.807) is 0 Å². The van der Waals surface area contributed by atoms with Crippen LogP contribution in [0.3, 0.4) is 0 Å². The Hall–Kier alpha value is -0.410. The fourth-order valence-electron chi connectivity index (χ4n) is 0.634. The monoisotopic (exact) mass is 159 g/mol. The average molecular weight is 159 g/mol. The number of hydrogen-bond donors (Lipinski definition) is 1. The van der Waals surface area contributed by atoms with E-state index in [0.29, 0.717) is 6.42 Å². The lowest BCUT2D eigenvalue weighted by Crippen LogP contribution is -2.30. The van der Waals surface area contributed by atoms with Crippen molar-refractivity contribution in [3.05, 3.63) is 0 Å². The number of aldehydes is 1. The van der Waals surface area contributed by atoms with Gasteiger partial charge in [-0.15, -0.1) is 0 Å². The lowest BCUT2D eigenvalue weighted by Gasteiger charge is -2.10. The molecular formula is C8H17NO2. The first-order valence-electron chi connectivity index (χ1n) is 4.14. The number of morpholine rings is 1. The molecule has 1 aliphatic heterocycles. The molecule has 0 amide bonds. The van der Waals surface area contributed by atoms with Crippen LogP contribution in [-0.2, 0) is 9.53 Å². The molecule has 1 aliphatic rings. The third kappa shape index (κ3) is 9.59. The summed E-state index contributed by atoms with van der Waals surface area (Å²) in [4.78, 5) is 9.40. The van der Waals surface area contributed by atoms with E-state index in [1.807, 2.05) is 6.92 Å². The number of unbranched alkanes of at least 4 members (excludes halogenated alkanes) is 1. The molecule has 0 aromatic carbocycles. The summed E-state index contributed by atoms with van der Waals surface area (Å²) in [6.07, 6.45) is 2.61. The highest BCUT2D eigenvalue weighted by Crippen LogP contribution is 1.76. The molecule has 1 rings (SSSR count). The summed E-state index contributed by atoms with van der Waals surface area (Å²) in [5.74, 6) is 0. The Balaban J connectivity index is 0.000000187. The molecule has 3 heteroatoms. The van der Waals surface area contributed by atoms with Crippen molar-refractivity contribution in [3.8, 4) is 0 Å². The highest BCUT2D eigenvalue weighted by Gasteiger charge is 1.92. The summed E-state index contributed by atoms with van der Waals surface area (Å²) in [6.45, 7) is 5.81. The number of hydrogen-bond acceptors (Lipinski definition) is 3. The summed E-state index contributed by atoms with van der Waals surface area (Å²) < 4.78 is 5.01. The molecule has 1 N–H and O–H groups in total. The largest absolute Gasteiger partial charge is 0.379 e. The predicted molar refractivity (Wildman–Crippen MR) is 44.7 cm³/mol. The molecule has 1 heterocycles. The van der Waals surface area contributed by atoms with Gasteiger partial charge in [0, 0.05) is 19.5 Å². The van der Waals surface area contributed by atoms with E-state index in [-0.39, 0.29) is 0 Å². The minimum absolute atomic E-state index is 0.708. The van der Waals surface area contributed by atoms with E-state index in [2.05, 4.69) is 5.32 Å². The molecule has 1 fully saturated rings. The maximum atomic E-state index is 9.40. The zero-order chi connectivity index (χ0) is 8.36. The Morgan fingerprint density at radius 3 is 2.18 bits per heavy atom. The van der Waals surface area contributed by atoms with E-state index in [9.17, 15) is 4.79 Å². The minimum Gasteiger partial charge on any atom is -0.379 e. The number of carbonyl (C=O) groups excluding carboxylic acids is 1. The molecule has 0 aliphatic carbocycles. The van der Waals surface area contributed by atoms with E-state index in [4.69, 9.17) is 4.74 Å². The van der Waals surface area contributed by atoms with Crippen LogP contribution < -0.4 is 5.32 Å². The van der Waals surface area contributed by atoms with Crippen molar-refractivity contribution in [1.82, 2.24) is 5.32 Å². The van der Waals surface area contributed by atoms with E-state index in [0.717, 1.165) is 39.0 Å². The van der Waals surface area contributed by atoms with Crippen molar-refractivity contribution in [1.29, 1.82) is 0 Å².